The van der Waals surface area contributed by atoms with E-state index in [-0.39, 0.29) is 5.91 Å². The zero-order valence-corrected chi connectivity index (χ0v) is 13.9. The Labute approximate surface area is 141 Å². The highest BCUT2D eigenvalue weighted by atomic mass is 35.5. The van der Waals surface area contributed by atoms with E-state index >= 15 is 0 Å². The molecule has 0 saturated carbocycles. The third-order valence-electron chi connectivity index (χ3n) is 4.14. The second-order valence-electron chi connectivity index (χ2n) is 5.89. The number of likely N-dealkylation sites (tertiary alicyclic amines) is 1. The molecule has 2 aromatic carbocycles. The summed E-state index contributed by atoms with van der Waals surface area (Å²) in [4.78, 5) is 14.3. The van der Waals surface area contributed by atoms with E-state index in [1.54, 1.807) is 6.07 Å². The molecule has 3 N–H and O–H groups in total. The number of rotatable bonds is 3. The number of aryl methyl sites for hydroxylation is 1. The molecule has 1 amide bonds. The van der Waals surface area contributed by atoms with Crippen LogP contribution >= 0.6 is 11.6 Å². The average molecular weight is 330 g/mol. The van der Waals surface area contributed by atoms with Crippen molar-refractivity contribution < 1.29 is 4.79 Å². The first-order valence-electron chi connectivity index (χ1n) is 7.76. The highest BCUT2D eigenvalue weighted by Crippen LogP contribution is 2.27. The number of nitrogens with one attached hydrogen (secondary N) is 1. The number of halogens is 1. The van der Waals surface area contributed by atoms with E-state index in [0.717, 1.165) is 42.9 Å². The summed E-state index contributed by atoms with van der Waals surface area (Å²) in [5.41, 5.74) is 9.95. The molecule has 1 fully saturated rings. The summed E-state index contributed by atoms with van der Waals surface area (Å²) in [7, 11) is 0. The van der Waals surface area contributed by atoms with Crippen molar-refractivity contribution in [3.63, 3.8) is 0 Å². The van der Waals surface area contributed by atoms with E-state index in [0.29, 0.717) is 16.3 Å². The van der Waals surface area contributed by atoms with E-state index < -0.39 is 0 Å². The summed E-state index contributed by atoms with van der Waals surface area (Å²) in [6.07, 6.45) is 2.16. The molecule has 0 aromatic heterocycles. The predicted molar refractivity (Wildman–Crippen MR) is 95.5 cm³/mol. The van der Waals surface area contributed by atoms with Crippen molar-refractivity contribution in [3.05, 3.63) is 52.5 Å². The van der Waals surface area contributed by atoms with Crippen LogP contribution in [0.1, 0.15) is 28.8 Å². The standard InChI is InChI=1S/C18H20ClN3O/c1-12-4-6-14(11-15(12)19)21-17-7-5-13(10-16(17)20)18(23)22-8-2-3-9-22/h4-7,10-11,21H,2-3,8-9,20H2,1H3. The van der Waals surface area contributed by atoms with Crippen LogP contribution in [0.5, 0.6) is 0 Å². The molecule has 0 unspecified atom stereocenters. The molecule has 1 aliphatic rings. The fourth-order valence-electron chi connectivity index (χ4n) is 2.74. The number of anilines is 3. The van der Waals surface area contributed by atoms with Crippen LogP contribution in [0.25, 0.3) is 0 Å². The number of nitrogens with zero attached hydrogens (tertiary/aromatic N) is 1. The zero-order valence-electron chi connectivity index (χ0n) is 13.1. The number of benzene rings is 2. The molecule has 1 heterocycles. The Balaban J connectivity index is 1.78. The summed E-state index contributed by atoms with van der Waals surface area (Å²) in [5.74, 6) is 0.0548. The zero-order chi connectivity index (χ0) is 16.4. The molecule has 23 heavy (non-hydrogen) atoms. The van der Waals surface area contributed by atoms with Gasteiger partial charge in [0.05, 0.1) is 11.4 Å². The van der Waals surface area contributed by atoms with Gasteiger partial charge in [0.2, 0.25) is 0 Å². The second-order valence-corrected chi connectivity index (χ2v) is 6.30. The highest BCUT2D eigenvalue weighted by molar-refractivity contribution is 6.31. The van der Waals surface area contributed by atoms with Crippen molar-refractivity contribution in [2.75, 3.05) is 24.1 Å². The van der Waals surface area contributed by atoms with Crippen LogP contribution in [-0.4, -0.2) is 23.9 Å². The van der Waals surface area contributed by atoms with Gasteiger partial charge in [-0.05, 0) is 55.7 Å². The van der Waals surface area contributed by atoms with Gasteiger partial charge in [0.15, 0.2) is 0 Å². The lowest BCUT2D eigenvalue weighted by atomic mass is 10.1. The summed E-state index contributed by atoms with van der Waals surface area (Å²) < 4.78 is 0. The largest absolute Gasteiger partial charge is 0.397 e. The van der Waals surface area contributed by atoms with Crippen molar-refractivity contribution >= 4 is 34.6 Å². The molecule has 1 saturated heterocycles. The number of nitrogens with two attached hydrogens (primary N) is 1. The third kappa shape index (κ3) is 3.42. The van der Waals surface area contributed by atoms with E-state index in [2.05, 4.69) is 5.32 Å². The van der Waals surface area contributed by atoms with E-state index in [1.807, 2.05) is 42.2 Å². The number of amides is 1. The summed E-state index contributed by atoms with van der Waals surface area (Å²) in [5, 5.41) is 3.94. The molecule has 0 radical (unpaired) electrons. The van der Waals surface area contributed by atoms with Crippen LogP contribution < -0.4 is 11.1 Å². The average Bonchev–Trinajstić information content (AvgIpc) is 3.06. The lowest BCUT2D eigenvalue weighted by molar-refractivity contribution is 0.0793. The van der Waals surface area contributed by atoms with Gasteiger partial charge < -0.3 is 16.0 Å². The van der Waals surface area contributed by atoms with Crippen LogP contribution in [0.3, 0.4) is 0 Å². The maximum atomic E-state index is 12.4. The van der Waals surface area contributed by atoms with Gasteiger partial charge in [-0.25, -0.2) is 0 Å². The smallest absolute Gasteiger partial charge is 0.253 e. The van der Waals surface area contributed by atoms with Gasteiger partial charge in [-0.3, -0.25) is 4.79 Å². The number of hydrogen-bond acceptors (Lipinski definition) is 3. The Morgan fingerprint density at radius 3 is 2.57 bits per heavy atom. The summed E-state index contributed by atoms with van der Waals surface area (Å²) in [6.45, 7) is 3.63. The van der Waals surface area contributed by atoms with Gasteiger partial charge >= 0.3 is 0 Å². The minimum atomic E-state index is 0.0548. The van der Waals surface area contributed by atoms with Gasteiger partial charge in [-0.15, -0.1) is 0 Å². The monoisotopic (exact) mass is 329 g/mol. The van der Waals surface area contributed by atoms with Gasteiger partial charge in [0, 0.05) is 29.4 Å². The molecule has 4 nitrogen and oxygen atoms in total. The van der Waals surface area contributed by atoms with Gasteiger partial charge in [-0.1, -0.05) is 17.7 Å². The Morgan fingerprint density at radius 2 is 1.91 bits per heavy atom. The van der Waals surface area contributed by atoms with Crippen LogP contribution in [0.15, 0.2) is 36.4 Å². The maximum Gasteiger partial charge on any atom is 0.253 e. The molecule has 3 rings (SSSR count). The molecule has 0 bridgehead atoms. The lowest BCUT2D eigenvalue weighted by Crippen LogP contribution is -2.27. The second kappa shape index (κ2) is 6.50. The molecule has 0 spiro atoms. The first-order valence-corrected chi connectivity index (χ1v) is 8.14. The molecule has 120 valence electrons. The van der Waals surface area contributed by atoms with E-state index in [4.69, 9.17) is 17.3 Å². The molecule has 1 aliphatic heterocycles. The molecular weight excluding hydrogens is 310 g/mol. The van der Waals surface area contributed by atoms with Gasteiger partial charge in [-0.2, -0.15) is 0 Å². The van der Waals surface area contributed by atoms with Crippen LogP contribution in [0.2, 0.25) is 5.02 Å². The Bertz CT molecular complexity index is 739. The number of nitrogen functional groups attached to an aromatic ring is 1. The quantitative estimate of drug-likeness (QED) is 0.829. The normalized spacial score (nSPS) is 14.1. The SMILES string of the molecule is Cc1ccc(Nc2ccc(C(=O)N3CCCC3)cc2N)cc1Cl. The molecule has 0 atom stereocenters. The van der Waals surface area contributed by atoms with Gasteiger partial charge in [0.1, 0.15) is 0 Å². The number of hydrogen-bond donors (Lipinski definition) is 2. The molecular formula is C18H20ClN3O. The molecule has 0 aliphatic carbocycles. The first-order chi connectivity index (χ1) is 11.0. The Hall–Kier alpha value is -2.20. The topological polar surface area (TPSA) is 58.4 Å². The Morgan fingerprint density at radius 1 is 1.17 bits per heavy atom. The van der Waals surface area contributed by atoms with Crippen molar-refractivity contribution in [1.82, 2.24) is 4.90 Å². The molecule has 5 heteroatoms. The fourth-order valence-corrected chi connectivity index (χ4v) is 2.92. The minimum absolute atomic E-state index is 0.0548. The Kier molecular flexibility index (Phi) is 4.44. The van der Waals surface area contributed by atoms with Crippen molar-refractivity contribution in [2.24, 2.45) is 0 Å². The maximum absolute atomic E-state index is 12.4. The number of carbonyl (C=O) groups excluding carboxylic acids is 1. The highest BCUT2D eigenvalue weighted by Gasteiger charge is 2.19. The minimum Gasteiger partial charge on any atom is -0.397 e. The summed E-state index contributed by atoms with van der Waals surface area (Å²) in [6, 6.07) is 11.1. The van der Waals surface area contributed by atoms with Crippen molar-refractivity contribution in [2.45, 2.75) is 19.8 Å². The first kappa shape index (κ1) is 15.7. The van der Waals surface area contributed by atoms with Crippen LogP contribution in [0, 0.1) is 6.92 Å². The third-order valence-corrected chi connectivity index (χ3v) is 4.55. The summed E-state index contributed by atoms with van der Waals surface area (Å²) >= 11 is 6.14. The number of carbonyl (C=O) groups is 1. The lowest BCUT2D eigenvalue weighted by Gasteiger charge is -2.16. The van der Waals surface area contributed by atoms with Crippen molar-refractivity contribution in [3.8, 4) is 0 Å². The van der Waals surface area contributed by atoms with Crippen molar-refractivity contribution in [1.29, 1.82) is 0 Å². The van der Waals surface area contributed by atoms with Crippen LogP contribution in [0.4, 0.5) is 17.1 Å². The van der Waals surface area contributed by atoms with E-state index in [1.165, 1.54) is 0 Å². The predicted octanol–water partition coefficient (Wildman–Crippen LogP) is 4.21. The molecule has 2 aromatic rings. The van der Waals surface area contributed by atoms with Gasteiger partial charge in [0.25, 0.3) is 5.91 Å². The van der Waals surface area contributed by atoms with E-state index in [9.17, 15) is 4.79 Å². The fraction of sp³-hybridized carbons (Fsp3) is 0.278. The van der Waals surface area contributed by atoms with Crippen LogP contribution in [-0.2, 0) is 0 Å².